The summed E-state index contributed by atoms with van der Waals surface area (Å²) in [6.45, 7) is 8.34. The molecule has 1 atom stereocenters. The number of hydrogen-bond donors (Lipinski definition) is 0. The fourth-order valence-electron chi connectivity index (χ4n) is 2.56. The smallest absolute Gasteiger partial charge is 0.0922 e. The Morgan fingerprint density at radius 1 is 0.684 bits per heavy atom. The normalized spacial score (nSPS) is 13.9. The minimum Gasteiger partial charge on any atom is -1.00 e. The number of nitrogens with zero attached hydrogens (tertiary/aromatic N) is 1. The number of quaternary nitrogens is 1. The molecular weight excluding hydrogens is 369 g/mol. The van der Waals surface area contributed by atoms with Crippen molar-refractivity contribution in [2.45, 2.75) is 71.6 Å². The second-order valence-corrected chi connectivity index (χ2v) is 6.33. The molecule has 1 nitrogen and oxygen atoms in total. The molecule has 0 aliphatic rings. The molecule has 0 saturated heterocycles. The van der Waals surface area contributed by atoms with E-state index in [1.54, 1.807) is 0 Å². The number of hydrogen-bond acceptors (Lipinski definition) is 0. The Kier molecular flexibility index (Phi) is 18.0. The molecule has 0 amide bonds. The minimum atomic E-state index is 0. The summed E-state index contributed by atoms with van der Waals surface area (Å²) in [6, 6.07) is 0. The van der Waals surface area contributed by atoms with Gasteiger partial charge < -0.3 is 28.5 Å². The minimum absolute atomic E-state index is 0. The third-order valence-electron chi connectivity index (χ3n) is 3.98. The molecule has 19 heavy (non-hydrogen) atoms. The van der Waals surface area contributed by atoms with Crippen molar-refractivity contribution >= 4 is 11.6 Å². The fourth-order valence-corrected chi connectivity index (χ4v) is 2.96. The van der Waals surface area contributed by atoms with Crippen LogP contribution in [-0.4, -0.2) is 37.0 Å². The van der Waals surface area contributed by atoms with E-state index in [-0.39, 0.29) is 24.0 Å². The maximum atomic E-state index is 5.97. The third-order valence-corrected chi connectivity index (χ3v) is 4.15. The van der Waals surface area contributed by atoms with Crippen LogP contribution in [0.4, 0.5) is 0 Å². The van der Waals surface area contributed by atoms with E-state index >= 15 is 0 Å². The first-order chi connectivity index (χ1) is 8.68. The first-order valence-corrected chi connectivity index (χ1v) is 8.61. The summed E-state index contributed by atoms with van der Waals surface area (Å²) >= 11 is 5.97. The molecule has 0 aromatic rings. The van der Waals surface area contributed by atoms with Gasteiger partial charge in [0.1, 0.15) is 0 Å². The van der Waals surface area contributed by atoms with Gasteiger partial charge in [0.25, 0.3) is 0 Å². The van der Waals surface area contributed by atoms with Crippen LogP contribution in [0.2, 0.25) is 0 Å². The molecule has 0 aromatic heterocycles. The average molecular weight is 404 g/mol. The van der Waals surface area contributed by atoms with E-state index < -0.39 is 0 Å². The summed E-state index contributed by atoms with van der Waals surface area (Å²) in [7, 11) is 2.40. The van der Waals surface area contributed by atoms with Crippen LogP contribution in [0.15, 0.2) is 0 Å². The van der Waals surface area contributed by atoms with Crippen molar-refractivity contribution in [2.75, 3.05) is 32.6 Å². The Morgan fingerprint density at radius 2 is 1.11 bits per heavy atom. The molecule has 0 aliphatic heterocycles. The summed E-state index contributed by atoms with van der Waals surface area (Å²) in [5.74, 6) is 0.805. The highest BCUT2D eigenvalue weighted by Gasteiger charge is 2.19. The first kappa shape index (κ1) is 22.3. The molecule has 0 N–H and O–H groups in total. The zero-order valence-electron chi connectivity index (χ0n) is 13.4. The summed E-state index contributed by atoms with van der Waals surface area (Å²) in [5, 5.41) is 0. The van der Waals surface area contributed by atoms with Crippen LogP contribution >= 0.6 is 11.6 Å². The van der Waals surface area contributed by atoms with Gasteiger partial charge in [0.2, 0.25) is 0 Å². The van der Waals surface area contributed by atoms with Gasteiger partial charge >= 0.3 is 0 Å². The molecule has 0 aliphatic carbocycles. The molecule has 118 valence electrons. The first-order valence-electron chi connectivity index (χ1n) is 8.08. The summed E-state index contributed by atoms with van der Waals surface area (Å²) in [4.78, 5) is 0. The second kappa shape index (κ2) is 15.4. The van der Waals surface area contributed by atoms with Gasteiger partial charge in [0.15, 0.2) is 0 Å². The monoisotopic (exact) mass is 403 g/mol. The SMILES string of the molecule is CCCCCCC[N+](C)(CCCl)CCCCCC.[I-]. The summed E-state index contributed by atoms with van der Waals surface area (Å²) in [5.41, 5.74) is 0. The number of unbranched alkanes of at least 4 members (excludes halogenated alkanes) is 7. The van der Waals surface area contributed by atoms with Crippen molar-refractivity contribution in [1.29, 1.82) is 0 Å². The third kappa shape index (κ3) is 13.7. The van der Waals surface area contributed by atoms with Crippen molar-refractivity contribution < 1.29 is 28.5 Å². The Labute approximate surface area is 144 Å². The van der Waals surface area contributed by atoms with Gasteiger partial charge in [-0.2, -0.15) is 0 Å². The summed E-state index contributed by atoms with van der Waals surface area (Å²) in [6.07, 6.45) is 12.4. The van der Waals surface area contributed by atoms with E-state index in [2.05, 4.69) is 20.9 Å². The zero-order valence-corrected chi connectivity index (χ0v) is 16.3. The van der Waals surface area contributed by atoms with Crippen molar-refractivity contribution in [3.8, 4) is 0 Å². The number of halogens is 2. The molecule has 3 heteroatoms. The molecule has 0 aromatic carbocycles. The Hall–Kier alpha value is 0.980. The van der Waals surface area contributed by atoms with E-state index in [0.717, 1.165) is 12.4 Å². The van der Waals surface area contributed by atoms with Gasteiger partial charge in [-0.1, -0.05) is 46.0 Å². The molecule has 0 rings (SSSR count). The second-order valence-electron chi connectivity index (χ2n) is 5.95. The van der Waals surface area contributed by atoms with Gasteiger partial charge in [-0.25, -0.2) is 0 Å². The lowest BCUT2D eigenvalue weighted by Gasteiger charge is -2.34. The number of alkyl halides is 1. The van der Waals surface area contributed by atoms with Gasteiger partial charge in [0.05, 0.1) is 32.6 Å². The van der Waals surface area contributed by atoms with Crippen LogP contribution in [0, 0.1) is 0 Å². The highest BCUT2D eigenvalue weighted by molar-refractivity contribution is 6.17. The Morgan fingerprint density at radius 3 is 1.53 bits per heavy atom. The molecule has 0 fully saturated rings. The highest BCUT2D eigenvalue weighted by atomic mass is 127. The zero-order chi connectivity index (χ0) is 13.7. The largest absolute Gasteiger partial charge is 1.00 e. The van der Waals surface area contributed by atoms with Gasteiger partial charge in [-0.3, -0.25) is 0 Å². The van der Waals surface area contributed by atoms with Crippen molar-refractivity contribution in [1.82, 2.24) is 0 Å². The average Bonchev–Trinajstić information content (AvgIpc) is 2.35. The van der Waals surface area contributed by atoms with Crippen LogP contribution in [0.25, 0.3) is 0 Å². The lowest BCUT2D eigenvalue weighted by atomic mass is 10.1. The van der Waals surface area contributed by atoms with E-state index in [1.807, 2.05) is 0 Å². The van der Waals surface area contributed by atoms with Gasteiger partial charge in [-0.15, -0.1) is 11.6 Å². The molecule has 0 spiro atoms. The topological polar surface area (TPSA) is 0 Å². The predicted octanol–water partition coefficient (Wildman–Crippen LogP) is 2.23. The predicted molar refractivity (Wildman–Crippen MR) is 84.4 cm³/mol. The molecule has 0 bridgehead atoms. The lowest BCUT2D eigenvalue weighted by Crippen LogP contribution is -3.00. The van der Waals surface area contributed by atoms with Crippen LogP contribution in [0.3, 0.4) is 0 Å². The van der Waals surface area contributed by atoms with Crippen molar-refractivity contribution in [2.24, 2.45) is 0 Å². The quantitative estimate of drug-likeness (QED) is 0.191. The van der Waals surface area contributed by atoms with Crippen LogP contribution in [0.1, 0.15) is 71.6 Å². The van der Waals surface area contributed by atoms with E-state index in [9.17, 15) is 0 Å². The molecule has 0 heterocycles. The maximum absolute atomic E-state index is 5.97. The lowest BCUT2D eigenvalue weighted by molar-refractivity contribution is -0.907. The molecule has 0 saturated carbocycles. The summed E-state index contributed by atoms with van der Waals surface area (Å²) < 4.78 is 1.19. The Bertz CT molecular complexity index is 178. The Balaban J connectivity index is 0. The fraction of sp³-hybridized carbons (Fsp3) is 1.00. The van der Waals surface area contributed by atoms with E-state index in [1.165, 1.54) is 75.4 Å². The number of rotatable bonds is 13. The molecule has 0 radical (unpaired) electrons. The molecule has 1 unspecified atom stereocenters. The maximum Gasteiger partial charge on any atom is 0.0922 e. The van der Waals surface area contributed by atoms with Gasteiger partial charge in [-0.05, 0) is 25.7 Å². The van der Waals surface area contributed by atoms with Crippen molar-refractivity contribution in [3.63, 3.8) is 0 Å². The van der Waals surface area contributed by atoms with Crippen LogP contribution in [0.5, 0.6) is 0 Å². The van der Waals surface area contributed by atoms with Crippen LogP contribution in [-0.2, 0) is 0 Å². The standard InChI is InChI=1S/C16H35ClN.HI/c1-4-6-8-10-12-15-18(3,16-13-17)14-11-9-7-5-2;/h4-16H2,1-3H3;1H/q+1;/p-1. The van der Waals surface area contributed by atoms with Gasteiger partial charge in [0, 0.05) is 0 Å². The van der Waals surface area contributed by atoms with Crippen molar-refractivity contribution in [3.05, 3.63) is 0 Å². The van der Waals surface area contributed by atoms with E-state index in [4.69, 9.17) is 11.6 Å². The van der Waals surface area contributed by atoms with Crippen LogP contribution < -0.4 is 24.0 Å². The molecular formula is C16H35ClIN. The highest BCUT2D eigenvalue weighted by Crippen LogP contribution is 2.12. The van der Waals surface area contributed by atoms with E-state index in [0.29, 0.717) is 0 Å².